The molecule has 8 aromatic rings. The molecular formula is C71H76BN3. The highest BCUT2D eigenvalue weighted by Crippen LogP contribution is 2.64. The smallest absolute Gasteiger partial charge is 0.252 e. The molecule has 0 radical (unpaired) electrons. The van der Waals surface area contributed by atoms with Crippen LogP contribution >= 0.6 is 0 Å². The number of rotatable bonds is 5. The minimum Gasteiger partial charge on any atom is -0.334 e. The van der Waals surface area contributed by atoms with Gasteiger partial charge in [0.05, 0.1) is 11.2 Å². The zero-order valence-electron chi connectivity index (χ0n) is 47.0. The van der Waals surface area contributed by atoms with E-state index in [-0.39, 0.29) is 39.3 Å². The average molecular weight is 982 g/mol. The van der Waals surface area contributed by atoms with Gasteiger partial charge in [-0.3, -0.25) is 0 Å². The highest BCUT2D eigenvalue weighted by atomic mass is 15.3. The van der Waals surface area contributed by atoms with Gasteiger partial charge in [-0.05, 0) is 157 Å². The Balaban J connectivity index is 1.17. The normalized spacial score (nSPS) is 19.1. The van der Waals surface area contributed by atoms with Crippen LogP contribution in [0.5, 0.6) is 0 Å². The molecular weight excluding hydrogens is 906 g/mol. The number of fused-ring (bicyclic) bond motifs is 7. The van der Waals surface area contributed by atoms with E-state index in [0.717, 1.165) is 12.8 Å². The molecule has 2 unspecified atom stereocenters. The van der Waals surface area contributed by atoms with Crippen molar-refractivity contribution < 1.29 is 0 Å². The topological polar surface area (TPSA) is 9.72 Å². The Kier molecular flexibility index (Phi) is 11.2. The second-order valence-corrected chi connectivity index (χ2v) is 26.8. The number of hydrogen-bond donors (Lipinski definition) is 0. The third-order valence-corrected chi connectivity index (χ3v) is 18.0. The van der Waals surface area contributed by atoms with E-state index in [9.17, 15) is 0 Å². The first-order chi connectivity index (χ1) is 35.6. The summed E-state index contributed by atoms with van der Waals surface area (Å²) >= 11 is 0. The van der Waals surface area contributed by atoms with E-state index in [0.29, 0.717) is 0 Å². The third kappa shape index (κ3) is 7.66. The van der Waals surface area contributed by atoms with Crippen molar-refractivity contribution in [1.82, 2.24) is 0 Å². The quantitative estimate of drug-likeness (QED) is 0.159. The molecule has 0 saturated heterocycles. The third-order valence-electron chi connectivity index (χ3n) is 18.0. The lowest BCUT2D eigenvalue weighted by Crippen LogP contribution is -2.62. The lowest BCUT2D eigenvalue weighted by Gasteiger charge is -2.52. The summed E-state index contributed by atoms with van der Waals surface area (Å²) < 4.78 is 0. The molecule has 3 nitrogen and oxygen atoms in total. The maximum absolute atomic E-state index is 2.78. The van der Waals surface area contributed by atoms with Crippen molar-refractivity contribution in [2.24, 2.45) is 0 Å². The van der Waals surface area contributed by atoms with Crippen LogP contribution in [0.25, 0.3) is 11.1 Å². The van der Waals surface area contributed by atoms with Gasteiger partial charge in [0, 0.05) is 50.8 Å². The Morgan fingerprint density at radius 2 is 0.947 bits per heavy atom. The van der Waals surface area contributed by atoms with Crippen LogP contribution in [0.1, 0.15) is 149 Å². The summed E-state index contributed by atoms with van der Waals surface area (Å²) in [5.74, 6) is 0. The molecule has 8 aromatic carbocycles. The number of anilines is 8. The second-order valence-electron chi connectivity index (χ2n) is 26.8. The van der Waals surface area contributed by atoms with E-state index >= 15 is 0 Å². The Hall–Kier alpha value is -6.78. The zero-order chi connectivity index (χ0) is 52.6. The summed E-state index contributed by atoms with van der Waals surface area (Å²) in [6, 6.07) is 68.9. The summed E-state index contributed by atoms with van der Waals surface area (Å²) in [6.45, 7) is 30.8. The van der Waals surface area contributed by atoms with E-state index in [1.54, 1.807) is 0 Å². The van der Waals surface area contributed by atoms with Gasteiger partial charge in [-0.2, -0.15) is 0 Å². The number of para-hydroxylation sites is 1. The molecule has 3 heterocycles. The fraction of sp³-hybridized carbons (Fsp3) is 0.324. The molecule has 0 N–H and O–H groups in total. The molecule has 12 rings (SSSR count). The Morgan fingerprint density at radius 3 is 1.60 bits per heavy atom. The predicted molar refractivity (Wildman–Crippen MR) is 323 cm³/mol. The maximum atomic E-state index is 2.78. The van der Waals surface area contributed by atoms with Crippen LogP contribution in [0.3, 0.4) is 0 Å². The van der Waals surface area contributed by atoms with Crippen LogP contribution in [0.4, 0.5) is 45.5 Å². The maximum Gasteiger partial charge on any atom is 0.252 e. The van der Waals surface area contributed by atoms with E-state index in [1.807, 2.05) is 0 Å². The number of benzene rings is 8. The van der Waals surface area contributed by atoms with Gasteiger partial charge < -0.3 is 14.7 Å². The highest BCUT2D eigenvalue weighted by Gasteiger charge is 2.61. The summed E-state index contributed by atoms with van der Waals surface area (Å²) in [4.78, 5) is 8.08. The van der Waals surface area contributed by atoms with Gasteiger partial charge in [0.2, 0.25) is 0 Å². The van der Waals surface area contributed by atoms with Crippen LogP contribution in [0, 0.1) is 0 Å². The average Bonchev–Trinajstić information content (AvgIpc) is 3.71. The molecule has 0 bridgehead atoms. The first-order valence-electron chi connectivity index (χ1n) is 27.9. The van der Waals surface area contributed by atoms with Crippen molar-refractivity contribution in [1.29, 1.82) is 0 Å². The molecule has 0 amide bonds. The minimum absolute atomic E-state index is 0.0136. The van der Waals surface area contributed by atoms with Crippen LogP contribution in [0.2, 0.25) is 0 Å². The van der Waals surface area contributed by atoms with E-state index in [4.69, 9.17) is 0 Å². The Bertz CT molecular complexity index is 3510. The molecule has 1 aliphatic carbocycles. The van der Waals surface area contributed by atoms with Crippen molar-refractivity contribution in [3.63, 3.8) is 0 Å². The first-order valence-corrected chi connectivity index (χ1v) is 27.9. The lowest BCUT2D eigenvalue weighted by molar-refractivity contribution is 0.215. The van der Waals surface area contributed by atoms with Gasteiger partial charge >= 0.3 is 0 Å². The summed E-state index contributed by atoms with van der Waals surface area (Å²) in [6.07, 6.45) is 4.65. The zero-order valence-corrected chi connectivity index (χ0v) is 47.0. The summed E-state index contributed by atoms with van der Waals surface area (Å²) in [5, 5.41) is 0. The fourth-order valence-corrected chi connectivity index (χ4v) is 13.8. The molecule has 0 spiro atoms. The highest BCUT2D eigenvalue weighted by molar-refractivity contribution is 7.00. The standard InChI is InChI=1S/C71H76BN3/c1-66(2,3)48-30-34-53(35-31-48)73-62-46-54(75-60-29-21-20-28-56(60)71(49-26-18-15-19-27-49)41-23-22-40-70(71,75)13)36-37-57(62)72-58-43-51(68(7,8)9)33-39-61(58)74(64-45-52(69(10,11)12)44-63(73)65(64)72)59-38-32-50(67(4,5)6)42-55(59)47-24-16-14-17-25-47/h14-21,24-39,42-46H,22-23,40-41H2,1-13H3. The molecule has 4 aliphatic rings. The molecule has 2 atom stereocenters. The first kappa shape index (κ1) is 49.1. The van der Waals surface area contributed by atoms with Crippen LogP contribution in [-0.4, -0.2) is 12.3 Å². The van der Waals surface area contributed by atoms with Crippen LogP contribution in [-0.2, 0) is 27.1 Å². The molecule has 4 heteroatoms. The van der Waals surface area contributed by atoms with Gasteiger partial charge in [-0.1, -0.05) is 211 Å². The molecule has 1 saturated carbocycles. The lowest BCUT2D eigenvalue weighted by atomic mass is 9.33. The van der Waals surface area contributed by atoms with Crippen molar-refractivity contribution >= 4 is 68.6 Å². The fourth-order valence-electron chi connectivity index (χ4n) is 13.8. The van der Waals surface area contributed by atoms with Gasteiger partial charge in [-0.25, -0.2) is 0 Å². The van der Waals surface area contributed by atoms with Gasteiger partial charge in [-0.15, -0.1) is 0 Å². The SMILES string of the molecule is CC(C)(C)c1ccc(N2c3cc(N4c5ccccc5C5(c6ccccc6)CCCCC45C)ccc3B3c4cc(C(C)(C)C)ccc4N(c4ccc(C(C)(C)C)cc4-c4ccccc4)c4cc(C(C)(C)C)cc2c43)cc1. The van der Waals surface area contributed by atoms with Crippen LogP contribution in [0.15, 0.2) is 176 Å². The molecule has 0 aromatic heterocycles. The largest absolute Gasteiger partial charge is 0.334 e. The summed E-state index contributed by atoms with van der Waals surface area (Å²) in [7, 11) is 0. The molecule has 3 aliphatic heterocycles. The van der Waals surface area contributed by atoms with Gasteiger partial charge in [0.15, 0.2) is 0 Å². The number of hydrogen-bond acceptors (Lipinski definition) is 3. The van der Waals surface area contributed by atoms with Crippen molar-refractivity contribution in [2.75, 3.05) is 14.7 Å². The molecule has 1 fully saturated rings. The molecule has 75 heavy (non-hydrogen) atoms. The van der Waals surface area contributed by atoms with Gasteiger partial charge in [0.25, 0.3) is 6.71 Å². The second kappa shape index (κ2) is 17.1. The minimum atomic E-state index is -0.193. The van der Waals surface area contributed by atoms with Crippen molar-refractivity contribution in [2.45, 2.75) is 148 Å². The van der Waals surface area contributed by atoms with Crippen molar-refractivity contribution in [3.8, 4) is 11.1 Å². The van der Waals surface area contributed by atoms with Crippen LogP contribution < -0.4 is 31.1 Å². The summed E-state index contributed by atoms with van der Waals surface area (Å²) in [5.41, 5.74) is 24.1. The monoisotopic (exact) mass is 982 g/mol. The Morgan fingerprint density at radius 1 is 0.400 bits per heavy atom. The predicted octanol–water partition coefficient (Wildman–Crippen LogP) is 17.4. The number of nitrogens with zero attached hydrogens (tertiary/aromatic N) is 3. The van der Waals surface area contributed by atoms with Crippen molar-refractivity contribution in [3.05, 3.63) is 209 Å². The molecule has 378 valence electrons. The Labute approximate surface area is 449 Å². The van der Waals surface area contributed by atoms with E-state index in [2.05, 4.69) is 281 Å². The van der Waals surface area contributed by atoms with E-state index < -0.39 is 0 Å². The van der Waals surface area contributed by atoms with Gasteiger partial charge in [0.1, 0.15) is 0 Å². The van der Waals surface area contributed by atoms with E-state index in [1.165, 1.54) is 119 Å².